The van der Waals surface area contributed by atoms with Crippen molar-refractivity contribution in [2.75, 3.05) is 7.05 Å². The minimum absolute atomic E-state index is 0.824. The lowest BCUT2D eigenvalue weighted by molar-refractivity contribution is 0.819. The fourth-order valence-electron chi connectivity index (χ4n) is 2.06. The predicted octanol–water partition coefficient (Wildman–Crippen LogP) is 4.34. The molecule has 0 fully saturated rings. The Morgan fingerprint density at radius 1 is 1.06 bits per heavy atom. The average Bonchev–Trinajstić information content (AvgIpc) is 2.35. The molecular weight excluding hydrogens is 242 g/mol. The Bertz CT molecular complexity index is 561. The minimum atomic E-state index is 0.824. The van der Waals surface area contributed by atoms with Crippen molar-refractivity contribution in [2.24, 2.45) is 0 Å². The van der Waals surface area contributed by atoms with Crippen LogP contribution in [0.1, 0.15) is 16.7 Å². The second-order valence-corrected chi connectivity index (χ2v) is 5.06. The highest BCUT2D eigenvalue weighted by atomic mass is 35.5. The molecule has 0 aliphatic rings. The molecule has 18 heavy (non-hydrogen) atoms. The standard InChI is InChI=1S/C16H18ClN/c1-11-4-6-14(10-18-3)15(8-11)13-7-5-12(2)16(17)9-13/h4-9,18H,10H2,1-3H3. The van der Waals surface area contributed by atoms with Crippen LogP contribution >= 0.6 is 11.6 Å². The lowest BCUT2D eigenvalue weighted by Crippen LogP contribution is -2.06. The molecule has 0 saturated heterocycles. The van der Waals surface area contributed by atoms with Crippen molar-refractivity contribution in [3.05, 3.63) is 58.1 Å². The molecule has 0 radical (unpaired) electrons. The molecule has 0 unspecified atom stereocenters. The van der Waals surface area contributed by atoms with Gasteiger partial charge in [0.15, 0.2) is 0 Å². The van der Waals surface area contributed by atoms with Crippen LogP contribution in [0.5, 0.6) is 0 Å². The van der Waals surface area contributed by atoms with Crippen LogP contribution in [0.2, 0.25) is 5.02 Å². The van der Waals surface area contributed by atoms with E-state index < -0.39 is 0 Å². The van der Waals surface area contributed by atoms with Gasteiger partial charge in [-0.05, 0) is 49.2 Å². The van der Waals surface area contributed by atoms with Crippen molar-refractivity contribution >= 4 is 11.6 Å². The summed E-state index contributed by atoms with van der Waals surface area (Å²) in [6.45, 7) is 5.00. The SMILES string of the molecule is CNCc1ccc(C)cc1-c1ccc(C)c(Cl)c1. The Labute approximate surface area is 114 Å². The van der Waals surface area contributed by atoms with E-state index >= 15 is 0 Å². The van der Waals surface area contributed by atoms with Crippen molar-refractivity contribution in [3.63, 3.8) is 0 Å². The monoisotopic (exact) mass is 259 g/mol. The Morgan fingerprint density at radius 2 is 1.83 bits per heavy atom. The fraction of sp³-hybridized carbons (Fsp3) is 0.250. The van der Waals surface area contributed by atoms with E-state index in [0.717, 1.165) is 17.1 Å². The van der Waals surface area contributed by atoms with Crippen LogP contribution in [0.4, 0.5) is 0 Å². The third-order valence-electron chi connectivity index (χ3n) is 3.12. The van der Waals surface area contributed by atoms with Gasteiger partial charge in [-0.1, -0.05) is 47.5 Å². The van der Waals surface area contributed by atoms with Gasteiger partial charge < -0.3 is 5.32 Å². The van der Waals surface area contributed by atoms with E-state index in [4.69, 9.17) is 11.6 Å². The number of aryl methyl sites for hydroxylation is 2. The Balaban J connectivity index is 2.54. The van der Waals surface area contributed by atoms with E-state index in [1.165, 1.54) is 22.3 Å². The topological polar surface area (TPSA) is 12.0 Å². The third-order valence-corrected chi connectivity index (χ3v) is 3.52. The van der Waals surface area contributed by atoms with Crippen molar-refractivity contribution < 1.29 is 0 Å². The molecule has 1 N–H and O–H groups in total. The molecule has 0 bridgehead atoms. The van der Waals surface area contributed by atoms with Crippen LogP contribution in [-0.4, -0.2) is 7.05 Å². The number of nitrogens with one attached hydrogen (secondary N) is 1. The third kappa shape index (κ3) is 2.74. The summed E-state index contributed by atoms with van der Waals surface area (Å²) >= 11 is 6.22. The first-order valence-corrected chi connectivity index (χ1v) is 6.50. The lowest BCUT2D eigenvalue weighted by Gasteiger charge is -2.12. The predicted molar refractivity (Wildman–Crippen MR) is 79.1 cm³/mol. The van der Waals surface area contributed by atoms with Gasteiger partial charge in [-0.25, -0.2) is 0 Å². The van der Waals surface area contributed by atoms with Gasteiger partial charge in [0.05, 0.1) is 0 Å². The second kappa shape index (κ2) is 5.55. The van der Waals surface area contributed by atoms with Gasteiger partial charge in [-0.3, -0.25) is 0 Å². The maximum absolute atomic E-state index is 6.22. The van der Waals surface area contributed by atoms with E-state index in [9.17, 15) is 0 Å². The number of halogens is 1. The highest BCUT2D eigenvalue weighted by Gasteiger charge is 2.06. The highest BCUT2D eigenvalue weighted by molar-refractivity contribution is 6.31. The maximum Gasteiger partial charge on any atom is 0.0441 e. The van der Waals surface area contributed by atoms with Crippen LogP contribution in [0.25, 0.3) is 11.1 Å². The molecule has 1 nitrogen and oxygen atoms in total. The molecule has 0 spiro atoms. The molecule has 2 aromatic carbocycles. The normalized spacial score (nSPS) is 10.7. The van der Waals surface area contributed by atoms with Crippen molar-refractivity contribution in [1.82, 2.24) is 5.32 Å². The zero-order valence-electron chi connectivity index (χ0n) is 11.0. The zero-order valence-corrected chi connectivity index (χ0v) is 11.8. The number of rotatable bonds is 3. The molecule has 2 heteroatoms. The first-order chi connectivity index (χ1) is 8.61. The van der Waals surface area contributed by atoms with Crippen LogP contribution in [0.3, 0.4) is 0 Å². The van der Waals surface area contributed by atoms with Crippen molar-refractivity contribution in [2.45, 2.75) is 20.4 Å². The Morgan fingerprint density at radius 3 is 2.50 bits per heavy atom. The molecule has 0 saturated carbocycles. The summed E-state index contributed by atoms with van der Waals surface area (Å²) in [4.78, 5) is 0. The average molecular weight is 260 g/mol. The molecule has 0 amide bonds. The molecule has 94 valence electrons. The Kier molecular flexibility index (Phi) is 4.05. The minimum Gasteiger partial charge on any atom is -0.316 e. The zero-order chi connectivity index (χ0) is 13.1. The van der Waals surface area contributed by atoms with E-state index in [1.807, 2.05) is 20.0 Å². The quantitative estimate of drug-likeness (QED) is 0.865. The number of benzene rings is 2. The van der Waals surface area contributed by atoms with Crippen LogP contribution in [0, 0.1) is 13.8 Å². The van der Waals surface area contributed by atoms with Gasteiger partial charge in [-0.2, -0.15) is 0 Å². The summed E-state index contributed by atoms with van der Waals surface area (Å²) in [5.41, 5.74) is 6.11. The summed E-state index contributed by atoms with van der Waals surface area (Å²) in [6, 6.07) is 12.8. The molecule has 0 aliphatic carbocycles. The van der Waals surface area contributed by atoms with Crippen LogP contribution in [-0.2, 0) is 6.54 Å². The van der Waals surface area contributed by atoms with Crippen molar-refractivity contribution in [3.8, 4) is 11.1 Å². The van der Waals surface area contributed by atoms with Crippen LogP contribution < -0.4 is 5.32 Å². The smallest absolute Gasteiger partial charge is 0.0441 e. The van der Waals surface area contributed by atoms with Gasteiger partial charge in [0.1, 0.15) is 0 Å². The molecule has 0 atom stereocenters. The second-order valence-electron chi connectivity index (χ2n) is 4.65. The largest absolute Gasteiger partial charge is 0.316 e. The molecule has 0 aromatic heterocycles. The molecule has 0 aliphatic heterocycles. The summed E-state index contributed by atoms with van der Waals surface area (Å²) in [5.74, 6) is 0. The first kappa shape index (κ1) is 13.1. The van der Waals surface area contributed by atoms with E-state index in [2.05, 4.69) is 42.6 Å². The van der Waals surface area contributed by atoms with Crippen LogP contribution in [0.15, 0.2) is 36.4 Å². The molecule has 0 heterocycles. The molecular formula is C16H18ClN. The first-order valence-electron chi connectivity index (χ1n) is 6.12. The van der Waals surface area contributed by atoms with E-state index in [0.29, 0.717) is 0 Å². The van der Waals surface area contributed by atoms with Crippen molar-refractivity contribution in [1.29, 1.82) is 0 Å². The highest BCUT2D eigenvalue weighted by Crippen LogP contribution is 2.28. The van der Waals surface area contributed by atoms with Gasteiger partial charge in [0.25, 0.3) is 0 Å². The van der Waals surface area contributed by atoms with E-state index in [1.54, 1.807) is 0 Å². The summed E-state index contributed by atoms with van der Waals surface area (Å²) < 4.78 is 0. The van der Waals surface area contributed by atoms with E-state index in [-0.39, 0.29) is 0 Å². The summed E-state index contributed by atoms with van der Waals surface area (Å²) in [5, 5.41) is 4.03. The van der Waals surface area contributed by atoms with Gasteiger partial charge >= 0.3 is 0 Å². The maximum atomic E-state index is 6.22. The number of hydrogen-bond acceptors (Lipinski definition) is 1. The van der Waals surface area contributed by atoms with Gasteiger partial charge in [0.2, 0.25) is 0 Å². The molecule has 2 rings (SSSR count). The molecule has 2 aromatic rings. The summed E-state index contributed by atoms with van der Waals surface area (Å²) in [7, 11) is 1.96. The Hall–Kier alpha value is -1.31. The van der Waals surface area contributed by atoms with Gasteiger partial charge in [-0.15, -0.1) is 0 Å². The lowest BCUT2D eigenvalue weighted by atomic mass is 9.97. The van der Waals surface area contributed by atoms with Gasteiger partial charge in [0, 0.05) is 11.6 Å². The number of hydrogen-bond donors (Lipinski definition) is 1. The summed E-state index contributed by atoms with van der Waals surface area (Å²) in [6.07, 6.45) is 0. The fourth-order valence-corrected chi connectivity index (χ4v) is 2.24.